The number of nitrogens with one attached hydrogen (secondary N) is 2. The first-order valence-corrected chi connectivity index (χ1v) is 16.9. The Morgan fingerprint density at radius 1 is 1.05 bits per heavy atom. The molecule has 0 aliphatic carbocycles. The molecular formula is C27H35N5O6S4. The first kappa shape index (κ1) is 32.3. The molecule has 0 unspecified atom stereocenters. The fraction of sp³-hybridized carbons (Fsp3) is 0.556. The molecule has 2 aliphatic heterocycles. The van der Waals surface area contributed by atoms with Gasteiger partial charge in [0.25, 0.3) is 5.91 Å². The second-order valence-corrected chi connectivity index (χ2v) is 16.4. The van der Waals surface area contributed by atoms with E-state index in [9.17, 15) is 19.2 Å². The zero-order valence-electron chi connectivity index (χ0n) is 24.6. The van der Waals surface area contributed by atoms with Crippen molar-refractivity contribution in [3.8, 4) is 0 Å². The quantitative estimate of drug-likeness (QED) is 0.229. The van der Waals surface area contributed by atoms with Crippen molar-refractivity contribution in [2.45, 2.75) is 88.4 Å². The Morgan fingerprint density at radius 3 is 2.38 bits per heavy atom. The molecule has 4 rings (SSSR count). The maximum Gasteiger partial charge on any atom is 0.407 e. The number of rotatable bonds is 9. The lowest BCUT2D eigenvalue weighted by Gasteiger charge is -2.50. The number of β-lactam (4-membered cyclic amide) rings is 1. The number of aromatic nitrogens is 2. The van der Waals surface area contributed by atoms with Gasteiger partial charge < -0.3 is 20.1 Å². The summed E-state index contributed by atoms with van der Waals surface area (Å²) in [5.74, 6) is -0.213. The minimum atomic E-state index is -0.742. The molecule has 1 saturated heterocycles. The first-order chi connectivity index (χ1) is 19.6. The number of thiophene rings is 1. The summed E-state index contributed by atoms with van der Waals surface area (Å²) >= 11 is 5.85. The lowest BCUT2D eigenvalue weighted by atomic mass is 10.0. The zero-order chi connectivity index (χ0) is 30.8. The van der Waals surface area contributed by atoms with Crippen molar-refractivity contribution in [3.05, 3.63) is 38.2 Å². The number of ether oxygens (including phenoxy) is 2. The molecule has 42 heavy (non-hydrogen) atoms. The molecule has 228 valence electrons. The Kier molecular flexibility index (Phi) is 9.95. The average molecular weight is 654 g/mol. The van der Waals surface area contributed by atoms with Gasteiger partial charge in [0.1, 0.15) is 33.3 Å². The molecule has 2 aromatic rings. The van der Waals surface area contributed by atoms with E-state index in [0.29, 0.717) is 11.5 Å². The summed E-state index contributed by atoms with van der Waals surface area (Å²) < 4.78 is 11.7. The van der Waals surface area contributed by atoms with E-state index in [1.54, 1.807) is 41.5 Å². The zero-order valence-corrected chi connectivity index (χ0v) is 27.8. The molecule has 3 amide bonds. The molecule has 11 nitrogen and oxygen atoms in total. The topological polar surface area (TPSA) is 140 Å². The first-order valence-electron chi connectivity index (χ1n) is 13.3. The molecule has 2 atom stereocenters. The van der Waals surface area contributed by atoms with E-state index in [4.69, 9.17) is 9.47 Å². The standard InChI is InChI=1S/C27H35N5O6S4/c1-14-30-31-25(41-14)40-13-15-12-39-22-19(21(34)32(22)20(15)23(35)37-26(2,3)4)29-18(33)10-16-8-9-17(42-16)11-28-24(36)38-27(5,6)7/h8-9,19,22H,10-13H2,1-7H3,(H,28,36)(H,29,33)/t19-,22+/m1/s1. The Morgan fingerprint density at radius 2 is 1.74 bits per heavy atom. The predicted octanol–water partition coefficient (Wildman–Crippen LogP) is 4.26. The summed E-state index contributed by atoms with van der Waals surface area (Å²) in [4.78, 5) is 54.5. The van der Waals surface area contributed by atoms with Gasteiger partial charge in [0.05, 0.1) is 13.0 Å². The normalized spacial score (nSPS) is 18.7. The Hall–Kier alpha value is -2.62. The van der Waals surface area contributed by atoms with Gasteiger partial charge in [-0.05, 0) is 66.2 Å². The van der Waals surface area contributed by atoms with Gasteiger partial charge in [0, 0.05) is 21.3 Å². The average Bonchev–Trinajstić information content (AvgIpc) is 3.50. The van der Waals surface area contributed by atoms with E-state index < -0.39 is 34.7 Å². The van der Waals surface area contributed by atoms with Crippen molar-refractivity contribution in [2.24, 2.45) is 0 Å². The molecular weight excluding hydrogens is 619 g/mol. The van der Waals surface area contributed by atoms with Crippen molar-refractivity contribution < 1.29 is 28.7 Å². The number of esters is 1. The van der Waals surface area contributed by atoms with Crippen molar-refractivity contribution >= 4 is 70.1 Å². The third-order valence-corrected chi connectivity index (χ3v) is 10.2. The van der Waals surface area contributed by atoms with Crippen LogP contribution in [0.3, 0.4) is 0 Å². The van der Waals surface area contributed by atoms with Crippen LogP contribution >= 0.6 is 46.2 Å². The van der Waals surface area contributed by atoms with Gasteiger partial charge >= 0.3 is 12.1 Å². The molecule has 0 spiro atoms. The number of carbonyl (C=O) groups excluding carboxylic acids is 4. The highest BCUT2D eigenvalue weighted by Gasteiger charge is 2.54. The minimum Gasteiger partial charge on any atom is -0.455 e. The van der Waals surface area contributed by atoms with E-state index >= 15 is 0 Å². The van der Waals surface area contributed by atoms with Crippen LogP contribution in [0, 0.1) is 6.92 Å². The molecule has 2 N–H and O–H groups in total. The fourth-order valence-corrected chi connectivity index (χ4v) is 8.32. The highest BCUT2D eigenvalue weighted by Crippen LogP contribution is 2.42. The summed E-state index contributed by atoms with van der Waals surface area (Å²) in [7, 11) is 0. The van der Waals surface area contributed by atoms with Crippen molar-refractivity contribution in [1.29, 1.82) is 0 Å². The predicted molar refractivity (Wildman–Crippen MR) is 164 cm³/mol. The monoisotopic (exact) mass is 653 g/mol. The van der Waals surface area contributed by atoms with E-state index in [-0.39, 0.29) is 30.5 Å². The Balaban J connectivity index is 1.37. The summed E-state index contributed by atoms with van der Waals surface area (Å²) in [5.41, 5.74) is -0.287. The van der Waals surface area contributed by atoms with Crippen LogP contribution in [0.1, 0.15) is 56.3 Å². The molecule has 0 radical (unpaired) electrons. The van der Waals surface area contributed by atoms with Gasteiger partial charge in [-0.2, -0.15) is 0 Å². The number of fused-ring (bicyclic) bond motifs is 1. The van der Waals surface area contributed by atoms with Crippen LogP contribution in [0.4, 0.5) is 4.79 Å². The van der Waals surface area contributed by atoms with Crippen LogP contribution in [0.2, 0.25) is 0 Å². The Bertz CT molecular complexity index is 1390. The number of nitrogens with zero attached hydrogens (tertiary/aromatic N) is 3. The van der Waals surface area contributed by atoms with Crippen LogP contribution in [0.5, 0.6) is 0 Å². The van der Waals surface area contributed by atoms with Gasteiger partial charge in [-0.15, -0.1) is 33.3 Å². The van der Waals surface area contributed by atoms with Gasteiger partial charge in [-0.25, -0.2) is 9.59 Å². The number of amides is 3. The van der Waals surface area contributed by atoms with Crippen molar-refractivity contribution in [3.63, 3.8) is 0 Å². The van der Waals surface area contributed by atoms with E-state index in [1.807, 2.05) is 19.1 Å². The van der Waals surface area contributed by atoms with E-state index in [0.717, 1.165) is 24.7 Å². The van der Waals surface area contributed by atoms with E-state index in [1.165, 1.54) is 51.1 Å². The number of aryl methyl sites for hydroxylation is 1. The molecule has 2 aromatic heterocycles. The van der Waals surface area contributed by atoms with Gasteiger partial charge in [0.2, 0.25) is 5.91 Å². The third-order valence-electron chi connectivity index (χ3n) is 5.69. The molecule has 1 fully saturated rings. The minimum absolute atomic E-state index is 0.0934. The van der Waals surface area contributed by atoms with Gasteiger partial charge in [-0.1, -0.05) is 23.1 Å². The second-order valence-electron chi connectivity index (χ2n) is 11.7. The van der Waals surface area contributed by atoms with Crippen LogP contribution < -0.4 is 10.6 Å². The van der Waals surface area contributed by atoms with Crippen LogP contribution in [-0.4, -0.2) is 73.1 Å². The molecule has 0 aromatic carbocycles. The van der Waals surface area contributed by atoms with Gasteiger partial charge in [0.15, 0.2) is 4.34 Å². The molecule has 0 bridgehead atoms. The van der Waals surface area contributed by atoms with Gasteiger partial charge in [-0.3, -0.25) is 14.5 Å². The van der Waals surface area contributed by atoms with Crippen molar-refractivity contribution in [1.82, 2.24) is 25.7 Å². The second kappa shape index (κ2) is 12.9. The smallest absolute Gasteiger partial charge is 0.407 e. The molecule has 4 heterocycles. The van der Waals surface area contributed by atoms with Crippen LogP contribution in [0.25, 0.3) is 0 Å². The number of hydrogen-bond donors (Lipinski definition) is 2. The maximum absolute atomic E-state index is 13.3. The number of hydrogen-bond acceptors (Lipinski definition) is 12. The lowest BCUT2D eigenvalue weighted by Crippen LogP contribution is -2.70. The number of alkyl carbamates (subject to hydrolysis) is 1. The van der Waals surface area contributed by atoms with Crippen LogP contribution in [0.15, 0.2) is 27.7 Å². The van der Waals surface area contributed by atoms with Crippen molar-refractivity contribution in [2.75, 3.05) is 11.5 Å². The summed E-state index contributed by atoms with van der Waals surface area (Å²) in [6, 6.07) is 2.93. The number of thioether (sulfide) groups is 2. The van der Waals surface area contributed by atoms with Crippen LogP contribution in [-0.2, 0) is 36.8 Å². The molecule has 15 heteroatoms. The highest BCUT2D eigenvalue weighted by atomic mass is 32.2. The Labute approximate surface area is 261 Å². The van der Waals surface area contributed by atoms with E-state index in [2.05, 4.69) is 20.8 Å². The lowest BCUT2D eigenvalue weighted by molar-refractivity contribution is -0.159. The maximum atomic E-state index is 13.3. The molecule has 2 aliphatic rings. The summed E-state index contributed by atoms with van der Waals surface area (Å²) in [6.45, 7) is 12.9. The fourth-order valence-electron chi connectivity index (χ4n) is 4.06. The molecule has 0 saturated carbocycles. The number of carbonyl (C=O) groups is 4. The summed E-state index contributed by atoms with van der Waals surface area (Å²) in [5, 5.41) is 14.2. The summed E-state index contributed by atoms with van der Waals surface area (Å²) in [6.07, 6.45) is -0.416. The third kappa shape index (κ3) is 8.48. The highest BCUT2D eigenvalue weighted by molar-refractivity contribution is 8.01. The SMILES string of the molecule is Cc1nnc(SCC2=C(C(=O)OC(C)(C)C)N3C(=O)[C@@H](NC(=O)Cc4ccc(CNC(=O)OC(C)(C)C)s4)[C@@H]3SC2)s1. The largest absolute Gasteiger partial charge is 0.455 e.